The number of nitrogens with zero attached hydrogens (tertiary/aromatic N) is 4. The van der Waals surface area contributed by atoms with E-state index in [1.165, 1.54) is 23.6 Å². The van der Waals surface area contributed by atoms with Gasteiger partial charge in [0.2, 0.25) is 0 Å². The lowest BCUT2D eigenvalue weighted by atomic mass is 10.1. The molecule has 2 aliphatic heterocycles. The fourth-order valence-corrected chi connectivity index (χ4v) is 4.63. The molecular formula is C33H47N5O5. The lowest BCUT2D eigenvalue weighted by Gasteiger charge is -2.32. The van der Waals surface area contributed by atoms with E-state index in [-0.39, 0.29) is 12.3 Å². The van der Waals surface area contributed by atoms with Crippen LogP contribution >= 0.6 is 0 Å². The second-order valence-electron chi connectivity index (χ2n) is 10.2. The number of aryl methyl sites for hydroxylation is 3. The number of anilines is 2. The number of aldehydes is 1. The van der Waals surface area contributed by atoms with Crippen molar-refractivity contribution in [2.24, 2.45) is 5.10 Å². The SMILES string of the molecule is C=NN1/C(=C(/C)CC)NC(=O)c2ccc(N3CCCN(CCC(=O)O)CC3)cc21.C=O.CC=O.Cc1ccc(C)c(C)c1. The lowest BCUT2D eigenvalue weighted by molar-refractivity contribution is -0.137. The average Bonchev–Trinajstić information content (AvgIpc) is 3.25. The van der Waals surface area contributed by atoms with Crippen LogP contribution < -0.4 is 15.2 Å². The fraction of sp³-hybridized carbons (Fsp3) is 0.424. The van der Waals surface area contributed by atoms with E-state index in [2.05, 4.69) is 65.9 Å². The molecule has 10 heteroatoms. The predicted octanol–water partition coefficient (Wildman–Crippen LogP) is 5.11. The van der Waals surface area contributed by atoms with Gasteiger partial charge in [0.1, 0.15) is 18.9 Å². The molecule has 2 aromatic carbocycles. The van der Waals surface area contributed by atoms with Gasteiger partial charge in [0.25, 0.3) is 5.91 Å². The number of aliphatic carboxylic acids is 1. The first kappa shape index (κ1) is 36.7. The molecule has 2 aromatic rings. The Morgan fingerprint density at radius 1 is 1.05 bits per heavy atom. The van der Waals surface area contributed by atoms with Crippen LogP contribution in [0.5, 0.6) is 0 Å². The second kappa shape index (κ2) is 19.0. The molecule has 0 saturated carbocycles. The van der Waals surface area contributed by atoms with Gasteiger partial charge in [-0.15, -0.1) is 0 Å². The zero-order chi connectivity index (χ0) is 32.5. The van der Waals surface area contributed by atoms with E-state index in [0.29, 0.717) is 17.9 Å². The summed E-state index contributed by atoms with van der Waals surface area (Å²) in [7, 11) is 0. The number of carboxylic acids is 1. The third-order valence-electron chi connectivity index (χ3n) is 7.23. The van der Waals surface area contributed by atoms with Gasteiger partial charge in [-0.3, -0.25) is 9.59 Å². The number of carbonyl (C=O) groups is 4. The zero-order valence-corrected chi connectivity index (χ0v) is 26.5. The van der Waals surface area contributed by atoms with Crippen molar-refractivity contribution in [3.05, 3.63) is 70.0 Å². The van der Waals surface area contributed by atoms with E-state index in [1.807, 2.05) is 38.8 Å². The highest BCUT2D eigenvalue weighted by Crippen LogP contribution is 2.34. The molecule has 0 spiro atoms. The molecule has 234 valence electrons. The van der Waals surface area contributed by atoms with Crippen LogP contribution in [0.15, 0.2) is 52.9 Å². The Morgan fingerprint density at radius 3 is 2.28 bits per heavy atom. The third-order valence-corrected chi connectivity index (χ3v) is 7.23. The van der Waals surface area contributed by atoms with Crippen molar-refractivity contribution >= 4 is 43.0 Å². The minimum Gasteiger partial charge on any atom is -0.481 e. The molecule has 10 nitrogen and oxygen atoms in total. The Kier molecular flexibility index (Phi) is 16.2. The highest BCUT2D eigenvalue weighted by atomic mass is 16.4. The summed E-state index contributed by atoms with van der Waals surface area (Å²) < 4.78 is 0. The maximum Gasteiger partial charge on any atom is 0.304 e. The summed E-state index contributed by atoms with van der Waals surface area (Å²) in [6.45, 7) is 21.5. The van der Waals surface area contributed by atoms with E-state index in [9.17, 15) is 9.59 Å². The number of hydrogen-bond donors (Lipinski definition) is 2. The summed E-state index contributed by atoms with van der Waals surface area (Å²) in [4.78, 5) is 44.7. The molecule has 0 aliphatic carbocycles. The highest BCUT2D eigenvalue weighted by molar-refractivity contribution is 6.04. The van der Waals surface area contributed by atoms with Crippen LogP contribution in [0.25, 0.3) is 0 Å². The molecule has 0 radical (unpaired) electrons. The van der Waals surface area contributed by atoms with Gasteiger partial charge in [0, 0.05) is 38.6 Å². The number of carbonyl (C=O) groups excluding carboxylic acids is 3. The van der Waals surface area contributed by atoms with Crippen molar-refractivity contribution in [3.8, 4) is 0 Å². The monoisotopic (exact) mass is 593 g/mol. The molecule has 2 aliphatic rings. The highest BCUT2D eigenvalue weighted by Gasteiger charge is 2.28. The van der Waals surface area contributed by atoms with E-state index in [0.717, 1.165) is 62.3 Å². The zero-order valence-electron chi connectivity index (χ0n) is 26.5. The maximum atomic E-state index is 12.6. The number of hydrogen-bond acceptors (Lipinski definition) is 8. The first-order valence-electron chi connectivity index (χ1n) is 14.4. The van der Waals surface area contributed by atoms with Crippen molar-refractivity contribution < 1.29 is 24.3 Å². The van der Waals surface area contributed by atoms with Gasteiger partial charge in [-0.1, -0.05) is 30.7 Å². The molecule has 1 amide bonds. The number of allylic oxidation sites excluding steroid dienone is 1. The molecule has 0 atom stereocenters. The first-order valence-corrected chi connectivity index (χ1v) is 14.4. The smallest absolute Gasteiger partial charge is 0.304 e. The van der Waals surface area contributed by atoms with Crippen molar-refractivity contribution in [3.63, 3.8) is 0 Å². The largest absolute Gasteiger partial charge is 0.481 e. The fourth-order valence-electron chi connectivity index (χ4n) is 4.63. The van der Waals surface area contributed by atoms with Gasteiger partial charge < -0.3 is 29.8 Å². The standard InChI is InChI=1S/C21H29N5O3.C9H12.C2H4O.CH2O/c1-4-15(2)20-23-21(29)17-7-6-16(14-18(17)26(20)22-3)25-10-5-9-24(12-13-25)11-8-19(27)28;1-7-4-5-8(2)9(3)6-7;1-2-3;1-2/h6-7,14H,3-5,8-13H2,1-2H3,(H,23,29)(H,27,28);4-6H,1-3H3;2H,1H3;1H2/b20-15-;;;. The van der Waals surface area contributed by atoms with Crippen LogP contribution in [0.2, 0.25) is 0 Å². The summed E-state index contributed by atoms with van der Waals surface area (Å²) >= 11 is 0. The van der Waals surface area contributed by atoms with Gasteiger partial charge in [-0.25, -0.2) is 5.01 Å². The Morgan fingerprint density at radius 2 is 1.72 bits per heavy atom. The Labute approximate surface area is 256 Å². The molecule has 1 saturated heterocycles. The van der Waals surface area contributed by atoms with E-state index in [4.69, 9.17) is 14.7 Å². The predicted molar refractivity (Wildman–Crippen MR) is 174 cm³/mol. The number of rotatable bonds is 6. The number of nitrogens with one attached hydrogen (secondary N) is 1. The summed E-state index contributed by atoms with van der Waals surface area (Å²) in [6.07, 6.45) is 2.68. The second-order valence-corrected chi connectivity index (χ2v) is 10.2. The summed E-state index contributed by atoms with van der Waals surface area (Å²) in [5.74, 6) is -0.222. The molecule has 4 rings (SSSR count). The maximum absolute atomic E-state index is 12.6. The van der Waals surface area contributed by atoms with Crippen LogP contribution in [0.1, 0.15) is 67.1 Å². The van der Waals surface area contributed by atoms with Crippen molar-refractivity contribution in [2.75, 3.05) is 42.6 Å². The van der Waals surface area contributed by atoms with Crippen molar-refractivity contribution in [1.82, 2.24) is 10.2 Å². The van der Waals surface area contributed by atoms with Crippen LogP contribution in [0, 0.1) is 20.8 Å². The Bertz CT molecular complexity index is 1280. The minimum absolute atomic E-state index is 0.134. The van der Waals surface area contributed by atoms with Gasteiger partial charge in [-0.05, 0) is 88.9 Å². The van der Waals surface area contributed by atoms with Crippen LogP contribution in [-0.4, -0.2) is 74.4 Å². The minimum atomic E-state index is -0.762. The molecule has 0 unspecified atom stereocenters. The summed E-state index contributed by atoms with van der Waals surface area (Å²) in [6, 6.07) is 12.3. The van der Waals surface area contributed by atoms with Gasteiger partial charge in [-0.2, -0.15) is 5.10 Å². The molecular weight excluding hydrogens is 546 g/mol. The normalized spacial score (nSPS) is 15.4. The van der Waals surface area contributed by atoms with Gasteiger partial charge in [0.05, 0.1) is 17.7 Å². The number of benzene rings is 2. The quantitative estimate of drug-likeness (QED) is 0.350. The van der Waals surface area contributed by atoms with Gasteiger partial charge >= 0.3 is 5.97 Å². The van der Waals surface area contributed by atoms with E-state index in [1.54, 1.807) is 5.01 Å². The van der Waals surface area contributed by atoms with Crippen molar-refractivity contribution in [2.45, 2.75) is 60.8 Å². The average molecular weight is 594 g/mol. The summed E-state index contributed by atoms with van der Waals surface area (Å²) in [5.41, 5.74) is 7.47. The molecule has 2 heterocycles. The molecule has 0 bridgehead atoms. The molecule has 43 heavy (non-hydrogen) atoms. The first-order chi connectivity index (χ1) is 20.6. The Hall–Kier alpha value is -4.31. The number of fused-ring (bicyclic) bond motifs is 1. The van der Waals surface area contributed by atoms with Crippen LogP contribution in [0.3, 0.4) is 0 Å². The third kappa shape index (κ3) is 11.1. The number of hydrazone groups is 1. The number of amides is 1. The molecule has 1 fully saturated rings. The van der Waals surface area contributed by atoms with E-state index < -0.39 is 5.97 Å². The molecule has 0 aromatic heterocycles. The van der Waals surface area contributed by atoms with Crippen LogP contribution in [-0.2, 0) is 14.4 Å². The lowest BCUT2D eigenvalue weighted by Crippen LogP contribution is -2.39. The number of carboxylic acid groups (broad SMARTS) is 1. The van der Waals surface area contributed by atoms with Crippen molar-refractivity contribution in [1.29, 1.82) is 0 Å². The van der Waals surface area contributed by atoms with E-state index >= 15 is 0 Å². The topological polar surface area (TPSA) is 123 Å². The van der Waals surface area contributed by atoms with Gasteiger partial charge in [0.15, 0.2) is 0 Å². The molecule has 2 N–H and O–H groups in total. The Balaban J connectivity index is 0.000000549. The summed E-state index contributed by atoms with van der Waals surface area (Å²) in [5, 5.41) is 17.7. The van der Waals surface area contributed by atoms with Crippen LogP contribution in [0.4, 0.5) is 11.4 Å².